The van der Waals surface area contributed by atoms with Gasteiger partial charge in [-0.2, -0.15) is 0 Å². The van der Waals surface area contributed by atoms with E-state index in [1.165, 1.54) is 0 Å². The lowest BCUT2D eigenvalue weighted by molar-refractivity contribution is -0.0124. The van der Waals surface area contributed by atoms with Crippen molar-refractivity contribution in [3.8, 4) is 0 Å². The lowest BCUT2D eigenvalue weighted by atomic mass is 10.2. The van der Waals surface area contributed by atoms with Crippen LogP contribution in [-0.4, -0.2) is 41.6 Å². The van der Waals surface area contributed by atoms with Gasteiger partial charge in [0.15, 0.2) is 0 Å². The number of amides is 1. The molecule has 0 saturated carbocycles. The molecule has 0 aliphatic carbocycles. The van der Waals surface area contributed by atoms with Crippen molar-refractivity contribution in [3.63, 3.8) is 0 Å². The summed E-state index contributed by atoms with van der Waals surface area (Å²) < 4.78 is 5.40. The Morgan fingerprint density at radius 1 is 1.71 bits per heavy atom. The van der Waals surface area contributed by atoms with E-state index in [9.17, 15) is 4.79 Å². The van der Waals surface area contributed by atoms with Crippen LogP contribution in [0.5, 0.6) is 0 Å². The SMILES string of the molecule is CC1CN(C(=O)c2ccnc(NN)c2)CCO1. The number of rotatable bonds is 2. The number of hydrazine groups is 1. The first-order valence-corrected chi connectivity index (χ1v) is 5.54. The molecular weight excluding hydrogens is 220 g/mol. The molecule has 2 heterocycles. The van der Waals surface area contributed by atoms with Crippen molar-refractivity contribution in [2.45, 2.75) is 13.0 Å². The molecule has 0 radical (unpaired) electrons. The van der Waals surface area contributed by atoms with Crippen molar-refractivity contribution in [1.82, 2.24) is 9.88 Å². The molecule has 0 bridgehead atoms. The molecule has 17 heavy (non-hydrogen) atoms. The number of nitrogens with zero attached hydrogens (tertiary/aromatic N) is 2. The second-order valence-electron chi connectivity index (χ2n) is 4.01. The second-order valence-corrected chi connectivity index (χ2v) is 4.01. The zero-order chi connectivity index (χ0) is 12.3. The monoisotopic (exact) mass is 236 g/mol. The first-order valence-electron chi connectivity index (χ1n) is 5.54. The van der Waals surface area contributed by atoms with Gasteiger partial charge in [0.25, 0.3) is 5.91 Å². The maximum atomic E-state index is 12.2. The van der Waals surface area contributed by atoms with Crippen molar-refractivity contribution in [3.05, 3.63) is 23.9 Å². The van der Waals surface area contributed by atoms with Crippen LogP contribution in [0.2, 0.25) is 0 Å². The Labute approximate surface area is 99.7 Å². The Balaban J connectivity index is 2.12. The number of carbonyl (C=O) groups excluding carboxylic acids is 1. The fourth-order valence-corrected chi connectivity index (χ4v) is 1.83. The van der Waals surface area contributed by atoms with Crippen LogP contribution >= 0.6 is 0 Å². The van der Waals surface area contributed by atoms with Gasteiger partial charge in [0, 0.05) is 24.8 Å². The third kappa shape index (κ3) is 2.72. The smallest absolute Gasteiger partial charge is 0.254 e. The molecule has 92 valence electrons. The van der Waals surface area contributed by atoms with Crippen LogP contribution in [0.1, 0.15) is 17.3 Å². The van der Waals surface area contributed by atoms with E-state index in [0.717, 1.165) is 0 Å². The first kappa shape index (κ1) is 11.8. The van der Waals surface area contributed by atoms with Gasteiger partial charge >= 0.3 is 0 Å². The van der Waals surface area contributed by atoms with Crippen LogP contribution in [0.3, 0.4) is 0 Å². The molecule has 1 aliphatic heterocycles. The summed E-state index contributed by atoms with van der Waals surface area (Å²) in [6.45, 7) is 3.78. The highest BCUT2D eigenvalue weighted by Gasteiger charge is 2.22. The highest BCUT2D eigenvalue weighted by molar-refractivity contribution is 5.94. The number of aromatic nitrogens is 1. The van der Waals surface area contributed by atoms with E-state index >= 15 is 0 Å². The highest BCUT2D eigenvalue weighted by Crippen LogP contribution is 2.12. The number of ether oxygens (including phenoxy) is 1. The van der Waals surface area contributed by atoms with Crippen LogP contribution in [0.25, 0.3) is 0 Å². The number of hydrogen-bond acceptors (Lipinski definition) is 5. The number of pyridine rings is 1. The fraction of sp³-hybridized carbons (Fsp3) is 0.455. The van der Waals surface area contributed by atoms with Crippen molar-refractivity contribution >= 4 is 11.7 Å². The second kappa shape index (κ2) is 5.11. The molecule has 0 aromatic carbocycles. The molecule has 1 fully saturated rings. The molecule has 1 aromatic rings. The zero-order valence-corrected chi connectivity index (χ0v) is 9.72. The van der Waals surface area contributed by atoms with Gasteiger partial charge in [0.05, 0.1) is 12.7 Å². The van der Waals surface area contributed by atoms with E-state index < -0.39 is 0 Å². The molecule has 1 amide bonds. The molecule has 3 N–H and O–H groups in total. The summed E-state index contributed by atoms with van der Waals surface area (Å²) in [6.07, 6.45) is 1.65. The Bertz CT molecular complexity index is 410. The van der Waals surface area contributed by atoms with Crippen LogP contribution in [0.4, 0.5) is 5.82 Å². The van der Waals surface area contributed by atoms with Crippen molar-refractivity contribution in [2.24, 2.45) is 5.84 Å². The number of hydrogen-bond donors (Lipinski definition) is 2. The molecule has 1 unspecified atom stereocenters. The summed E-state index contributed by atoms with van der Waals surface area (Å²) in [6, 6.07) is 3.33. The third-order valence-electron chi connectivity index (χ3n) is 2.68. The molecule has 0 spiro atoms. The van der Waals surface area contributed by atoms with Crippen LogP contribution < -0.4 is 11.3 Å². The number of nitrogen functional groups attached to an aromatic ring is 1. The molecule has 1 aliphatic rings. The van der Waals surface area contributed by atoms with Gasteiger partial charge in [0.2, 0.25) is 0 Å². The average molecular weight is 236 g/mol. The molecule has 6 nitrogen and oxygen atoms in total. The van der Waals surface area contributed by atoms with Gasteiger partial charge in [-0.3, -0.25) is 4.79 Å². The lowest BCUT2D eigenvalue weighted by Gasteiger charge is -2.31. The standard InChI is InChI=1S/C11H16N4O2/c1-8-7-15(4-5-17-8)11(16)9-2-3-13-10(6-9)14-12/h2-3,6,8H,4-5,7,12H2,1H3,(H,13,14). The average Bonchev–Trinajstić information content (AvgIpc) is 2.38. The Kier molecular flexibility index (Phi) is 3.55. The Hall–Kier alpha value is -1.66. The van der Waals surface area contributed by atoms with E-state index in [-0.39, 0.29) is 12.0 Å². The minimum absolute atomic E-state index is 0.0148. The normalized spacial score (nSPS) is 20.1. The quantitative estimate of drug-likeness (QED) is 0.567. The van der Waals surface area contributed by atoms with Crippen molar-refractivity contribution < 1.29 is 9.53 Å². The van der Waals surface area contributed by atoms with Crippen molar-refractivity contribution in [2.75, 3.05) is 25.1 Å². The number of nitrogens with one attached hydrogen (secondary N) is 1. The van der Waals surface area contributed by atoms with Gasteiger partial charge < -0.3 is 15.1 Å². The minimum Gasteiger partial charge on any atom is -0.375 e. The van der Waals surface area contributed by atoms with E-state index in [4.69, 9.17) is 10.6 Å². The lowest BCUT2D eigenvalue weighted by Crippen LogP contribution is -2.44. The summed E-state index contributed by atoms with van der Waals surface area (Å²) in [5.74, 6) is 5.73. The predicted molar refractivity (Wildman–Crippen MR) is 63.4 cm³/mol. The largest absolute Gasteiger partial charge is 0.375 e. The molecule has 1 saturated heterocycles. The third-order valence-corrected chi connectivity index (χ3v) is 2.68. The summed E-state index contributed by atoms with van der Waals surface area (Å²) in [4.78, 5) is 17.9. The number of anilines is 1. The summed E-state index contributed by atoms with van der Waals surface area (Å²) >= 11 is 0. The summed E-state index contributed by atoms with van der Waals surface area (Å²) in [5.41, 5.74) is 3.01. The van der Waals surface area contributed by atoms with Gasteiger partial charge in [-0.05, 0) is 19.1 Å². The zero-order valence-electron chi connectivity index (χ0n) is 9.72. The number of carbonyl (C=O) groups is 1. The van der Waals surface area contributed by atoms with Gasteiger partial charge in [-0.25, -0.2) is 10.8 Å². The maximum absolute atomic E-state index is 12.2. The predicted octanol–water partition coefficient (Wildman–Crippen LogP) is 0.228. The van der Waals surface area contributed by atoms with E-state index in [2.05, 4.69) is 10.4 Å². The molecule has 2 rings (SSSR count). The topological polar surface area (TPSA) is 80.5 Å². The number of nitrogens with two attached hydrogens (primary N) is 1. The maximum Gasteiger partial charge on any atom is 0.254 e. The van der Waals surface area contributed by atoms with Crippen LogP contribution in [0.15, 0.2) is 18.3 Å². The van der Waals surface area contributed by atoms with Crippen LogP contribution in [-0.2, 0) is 4.74 Å². The Morgan fingerprint density at radius 3 is 3.24 bits per heavy atom. The van der Waals surface area contributed by atoms with E-state index in [1.54, 1.807) is 23.2 Å². The number of morpholine rings is 1. The van der Waals surface area contributed by atoms with Gasteiger partial charge in [-0.1, -0.05) is 0 Å². The fourth-order valence-electron chi connectivity index (χ4n) is 1.83. The van der Waals surface area contributed by atoms with Crippen LogP contribution in [0, 0.1) is 0 Å². The first-order chi connectivity index (χ1) is 8.20. The molecule has 1 atom stereocenters. The van der Waals surface area contributed by atoms with Gasteiger partial charge in [-0.15, -0.1) is 0 Å². The molecule has 6 heteroatoms. The Morgan fingerprint density at radius 2 is 2.53 bits per heavy atom. The van der Waals surface area contributed by atoms with E-state index in [0.29, 0.717) is 31.1 Å². The van der Waals surface area contributed by atoms with Crippen molar-refractivity contribution in [1.29, 1.82) is 0 Å². The summed E-state index contributed by atoms with van der Waals surface area (Å²) in [5, 5.41) is 0. The van der Waals surface area contributed by atoms with E-state index in [1.807, 2.05) is 6.92 Å². The summed E-state index contributed by atoms with van der Waals surface area (Å²) in [7, 11) is 0. The molecule has 1 aromatic heterocycles. The highest BCUT2D eigenvalue weighted by atomic mass is 16.5. The van der Waals surface area contributed by atoms with Gasteiger partial charge in [0.1, 0.15) is 5.82 Å². The molecular formula is C11H16N4O2. The minimum atomic E-state index is -0.0148.